The van der Waals surface area contributed by atoms with Crippen LogP contribution in [0.2, 0.25) is 0 Å². The Hall–Kier alpha value is -4.25. The zero-order chi connectivity index (χ0) is 21.5. The highest BCUT2D eigenvalue weighted by Gasteiger charge is 2.14. The van der Waals surface area contributed by atoms with Gasteiger partial charge in [0.25, 0.3) is 5.91 Å². The van der Waals surface area contributed by atoms with Crippen LogP contribution in [-0.4, -0.2) is 42.8 Å². The van der Waals surface area contributed by atoms with Gasteiger partial charge in [0.15, 0.2) is 0 Å². The monoisotopic (exact) mass is 404 g/mol. The third-order valence-electron chi connectivity index (χ3n) is 4.24. The molecule has 0 fully saturated rings. The third kappa shape index (κ3) is 4.77. The lowest BCUT2D eigenvalue weighted by atomic mass is 10.1. The number of H-pyrrole nitrogens is 1. The summed E-state index contributed by atoms with van der Waals surface area (Å²) in [5.74, 6) is 6.19. The first-order chi connectivity index (χ1) is 14.5. The summed E-state index contributed by atoms with van der Waals surface area (Å²) in [5.41, 5.74) is 7.87. The van der Waals surface area contributed by atoms with E-state index in [0.29, 0.717) is 39.6 Å². The number of amides is 2. The minimum Gasteiger partial charge on any atom is -0.497 e. The number of nitrogens with two attached hydrogens (primary N) is 1. The molecule has 0 saturated carbocycles. The summed E-state index contributed by atoms with van der Waals surface area (Å²) in [4.78, 5) is 23.4. The van der Waals surface area contributed by atoms with Gasteiger partial charge < -0.3 is 20.5 Å². The second kappa shape index (κ2) is 9.30. The van der Waals surface area contributed by atoms with Crippen molar-refractivity contribution in [2.75, 3.05) is 20.8 Å². The fourth-order valence-corrected chi connectivity index (χ4v) is 2.67. The number of ether oxygens (including phenoxy) is 2. The molecule has 8 nitrogen and oxygen atoms in total. The van der Waals surface area contributed by atoms with Gasteiger partial charge in [-0.2, -0.15) is 5.10 Å². The van der Waals surface area contributed by atoms with Crippen LogP contribution in [0.5, 0.6) is 11.5 Å². The average Bonchev–Trinajstić information content (AvgIpc) is 3.26. The van der Waals surface area contributed by atoms with Crippen LogP contribution in [0.1, 0.15) is 26.4 Å². The van der Waals surface area contributed by atoms with Crippen LogP contribution in [-0.2, 0) is 0 Å². The van der Waals surface area contributed by atoms with Crippen LogP contribution in [0.15, 0.2) is 48.5 Å². The van der Waals surface area contributed by atoms with Gasteiger partial charge in [0.2, 0.25) is 5.91 Å². The molecule has 8 heteroatoms. The number of methoxy groups -OCH3 is 2. The largest absolute Gasteiger partial charge is 0.497 e. The molecule has 30 heavy (non-hydrogen) atoms. The van der Waals surface area contributed by atoms with Crippen molar-refractivity contribution in [3.05, 3.63) is 65.4 Å². The standard InChI is InChI=1S/C22H20N4O4/c1-29-16-9-10-20(30-2)17(12-16)18-13-19(26-25-18)22(28)24-11-3-4-14-5-7-15(8-6-14)21(23)27/h5-10,12-13H,11H2,1-2H3,(H2,23,27)(H,24,28)(H,25,26). The van der Waals surface area contributed by atoms with Gasteiger partial charge in [-0.3, -0.25) is 14.7 Å². The van der Waals surface area contributed by atoms with E-state index in [9.17, 15) is 9.59 Å². The Bertz CT molecular complexity index is 1120. The summed E-state index contributed by atoms with van der Waals surface area (Å²) in [6, 6.07) is 13.5. The molecular formula is C22H20N4O4. The number of aromatic nitrogens is 2. The van der Waals surface area contributed by atoms with E-state index in [-0.39, 0.29) is 12.5 Å². The molecular weight excluding hydrogens is 384 g/mol. The number of benzene rings is 2. The lowest BCUT2D eigenvalue weighted by Crippen LogP contribution is -2.23. The van der Waals surface area contributed by atoms with Crippen molar-refractivity contribution < 1.29 is 19.1 Å². The molecule has 2 amide bonds. The van der Waals surface area contributed by atoms with Gasteiger partial charge >= 0.3 is 0 Å². The van der Waals surface area contributed by atoms with Crippen LogP contribution in [0.3, 0.4) is 0 Å². The lowest BCUT2D eigenvalue weighted by molar-refractivity contribution is 0.0952. The Morgan fingerprint density at radius 3 is 2.53 bits per heavy atom. The van der Waals surface area contributed by atoms with Crippen molar-refractivity contribution in [2.24, 2.45) is 5.73 Å². The predicted molar refractivity (Wildman–Crippen MR) is 111 cm³/mol. The van der Waals surface area contributed by atoms with Gasteiger partial charge in [0.05, 0.1) is 26.5 Å². The highest BCUT2D eigenvalue weighted by Crippen LogP contribution is 2.32. The van der Waals surface area contributed by atoms with Gasteiger partial charge in [0, 0.05) is 16.7 Å². The van der Waals surface area contributed by atoms with E-state index in [2.05, 4.69) is 27.4 Å². The van der Waals surface area contributed by atoms with Gasteiger partial charge in [-0.05, 0) is 48.5 Å². The number of hydrogen-bond acceptors (Lipinski definition) is 5. The molecule has 0 bridgehead atoms. The van der Waals surface area contributed by atoms with Crippen molar-refractivity contribution in [3.8, 4) is 34.6 Å². The highest BCUT2D eigenvalue weighted by molar-refractivity contribution is 5.94. The molecule has 0 aliphatic rings. The SMILES string of the molecule is COc1ccc(OC)c(-c2cc(C(=O)NCC#Cc3ccc(C(N)=O)cc3)[nH]n2)c1. The summed E-state index contributed by atoms with van der Waals surface area (Å²) in [5, 5.41) is 9.61. The lowest BCUT2D eigenvalue weighted by Gasteiger charge is -2.08. The van der Waals surface area contributed by atoms with Gasteiger partial charge in [-0.15, -0.1) is 0 Å². The first kappa shape index (κ1) is 20.5. The second-order valence-corrected chi connectivity index (χ2v) is 6.16. The molecule has 4 N–H and O–H groups in total. The number of carbonyl (C=O) groups excluding carboxylic acids is 2. The van der Waals surface area contributed by atoms with E-state index in [1.807, 2.05) is 0 Å². The Morgan fingerprint density at radius 2 is 1.87 bits per heavy atom. The van der Waals surface area contributed by atoms with E-state index < -0.39 is 5.91 Å². The molecule has 0 unspecified atom stereocenters. The third-order valence-corrected chi connectivity index (χ3v) is 4.24. The molecule has 0 atom stereocenters. The normalized spacial score (nSPS) is 9.93. The van der Waals surface area contributed by atoms with Crippen LogP contribution >= 0.6 is 0 Å². The minimum absolute atomic E-state index is 0.146. The quantitative estimate of drug-likeness (QED) is 0.543. The van der Waals surface area contributed by atoms with Crippen molar-refractivity contribution in [2.45, 2.75) is 0 Å². The molecule has 2 aromatic carbocycles. The van der Waals surface area contributed by atoms with Crippen LogP contribution in [0, 0.1) is 11.8 Å². The van der Waals surface area contributed by atoms with Crippen molar-refractivity contribution >= 4 is 11.8 Å². The first-order valence-corrected chi connectivity index (χ1v) is 8.96. The molecule has 1 heterocycles. The number of primary amides is 1. The van der Waals surface area contributed by atoms with Gasteiger partial charge in [-0.1, -0.05) is 11.8 Å². The number of hydrogen-bond donors (Lipinski definition) is 3. The van der Waals surface area contributed by atoms with E-state index in [4.69, 9.17) is 15.2 Å². The van der Waals surface area contributed by atoms with Crippen molar-refractivity contribution in [1.29, 1.82) is 0 Å². The number of rotatable bonds is 6. The Kier molecular flexibility index (Phi) is 6.35. The van der Waals surface area contributed by atoms with Gasteiger partial charge in [-0.25, -0.2) is 0 Å². The predicted octanol–water partition coefficient (Wildman–Crippen LogP) is 1.97. The molecule has 0 spiro atoms. The zero-order valence-corrected chi connectivity index (χ0v) is 16.5. The number of nitrogens with one attached hydrogen (secondary N) is 2. The number of nitrogens with zero attached hydrogens (tertiary/aromatic N) is 1. The molecule has 0 radical (unpaired) electrons. The first-order valence-electron chi connectivity index (χ1n) is 8.96. The number of carbonyl (C=O) groups is 2. The smallest absolute Gasteiger partial charge is 0.270 e. The fraction of sp³-hybridized carbons (Fsp3) is 0.136. The van der Waals surface area contributed by atoms with E-state index in [1.54, 1.807) is 62.8 Å². The molecule has 0 saturated heterocycles. The maximum absolute atomic E-state index is 12.3. The molecule has 1 aromatic heterocycles. The number of aromatic amines is 1. The topological polar surface area (TPSA) is 119 Å². The minimum atomic E-state index is -0.493. The Morgan fingerprint density at radius 1 is 1.10 bits per heavy atom. The van der Waals surface area contributed by atoms with Crippen LogP contribution in [0.25, 0.3) is 11.3 Å². The molecule has 3 aromatic rings. The summed E-state index contributed by atoms with van der Waals surface area (Å²) in [6.07, 6.45) is 0. The van der Waals surface area contributed by atoms with Crippen molar-refractivity contribution in [3.63, 3.8) is 0 Å². The average molecular weight is 404 g/mol. The van der Waals surface area contributed by atoms with E-state index >= 15 is 0 Å². The summed E-state index contributed by atoms with van der Waals surface area (Å²) in [7, 11) is 3.13. The highest BCUT2D eigenvalue weighted by atomic mass is 16.5. The maximum Gasteiger partial charge on any atom is 0.270 e. The Labute approximate surface area is 173 Å². The second-order valence-electron chi connectivity index (χ2n) is 6.16. The maximum atomic E-state index is 12.3. The summed E-state index contributed by atoms with van der Waals surface area (Å²) >= 11 is 0. The van der Waals surface area contributed by atoms with Crippen LogP contribution < -0.4 is 20.5 Å². The molecule has 0 aliphatic heterocycles. The molecule has 152 valence electrons. The molecule has 3 rings (SSSR count). The van der Waals surface area contributed by atoms with Crippen LogP contribution in [0.4, 0.5) is 0 Å². The summed E-state index contributed by atoms with van der Waals surface area (Å²) < 4.78 is 10.6. The van der Waals surface area contributed by atoms with Gasteiger partial charge in [0.1, 0.15) is 17.2 Å². The summed E-state index contributed by atoms with van der Waals surface area (Å²) in [6.45, 7) is 0.146. The van der Waals surface area contributed by atoms with E-state index in [1.165, 1.54) is 0 Å². The fourth-order valence-electron chi connectivity index (χ4n) is 2.67. The van der Waals surface area contributed by atoms with Crippen molar-refractivity contribution in [1.82, 2.24) is 15.5 Å². The Balaban J connectivity index is 1.64. The molecule has 0 aliphatic carbocycles. The zero-order valence-electron chi connectivity index (χ0n) is 16.5. The van der Waals surface area contributed by atoms with E-state index in [0.717, 1.165) is 0 Å².